The quantitative estimate of drug-likeness (QED) is 0.833. The van der Waals surface area contributed by atoms with Gasteiger partial charge in [-0.1, -0.05) is 11.6 Å². The molecule has 0 aliphatic carbocycles. The van der Waals surface area contributed by atoms with Crippen molar-refractivity contribution in [1.29, 1.82) is 0 Å². The Bertz CT molecular complexity index is 599. The minimum absolute atomic E-state index is 0.0435. The third-order valence-corrected chi connectivity index (χ3v) is 5.62. The van der Waals surface area contributed by atoms with Crippen LogP contribution in [0.3, 0.4) is 0 Å². The molecule has 0 N–H and O–H groups in total. The molecule has 0 spiro atoms. The number of hydrogen-bond acceptors (Lipinski definition) is 3. The van der Waals surface area contributed by atoms with Crippen LogP contribution in [0.15, 0.2) is 11.4 Å². The summed E-state index contributed by atoms with van der Waals surface area (Å²) in [5.41, 5.74) is 0. The Morgan fingerprint density at radius 1 is 1.45 bits per heavy atom. The van der Waals surface area contributed by atoms with E-state index in [2.05, 4.69) is 4.98 Å². The van der Waals surface area contributed by atoms with Crippen LogP contribution in [0.5, 0.6) is 0 Å². The maximum atomic E-state index is 12.7. The highest BCUT2D eigenvalue weighted by atomic mass is 35.5. The average Bonchev–Trinajstić information content (AvgIpc) is 2.70. The fraction of sp³-hybridized carbons (Fsp3) is 0.700. The number of sulfonamides is 1. The number of alkyl halides is 3. The molecular weight excluding hydrogens is 319 g/mol. The highest BCUT2D eigenvalue weighted by molar-refractivity contribution is 7.89. The van der Waals surface area contributed by atoms with E-state index in [1.165, 1.54) is 17.9 Å². The number of piperidine rings is 1. The van der Waals surface area contributed by atoms with E-state index in [1.807, 2.05) is 0 Å². The summed E-state index contributed by atoms with van der Waals surface area (Å²) >= 11 is 5.81. The zero-order chi connectivity index (χ0) is 15.1. The summed E-state index contributed by atoms with van der Waals surface area (Å²) in [5.74, 6) is -1.64. The summed E-state index contributed by atoms with van der Waals surface area (Å²) < 4.78 is 64.8. The van der Waals surface area contributed by atoms with Crippen molar-refractivity contribution < 1.29 is 21.6 Å². The molecule has 1 aliphatic heterocycles. The number of rotatable bonds is 2. The van der Waals surface area contributed by atoms with E-state index in [0.29, 0.717) is 0 Å². The molecule has 1 atom stereocenters. The van der Waals surface area contributed by atoms with Crippen molar-refractivity contribution in [2.45, 2.75) is 24.0 Å². The zero-order valence-electron chi connectivity index (χ0n) is 10.6. The highest BCUT2D eigenvalue weighted by Gasteiger charge is 2.45. The summed E-state index contributed by atoms with van der Waals surface area (Å²) in [5, 5.41) is -0.511. The molecule has 114 valence electrons. The molecule has 0 saturated carbocycles. The molecule has 1 aromatic rings. The van der Waals surface area contributed by atoms with Crippen molar-refractivity contribution in [3.63, 3.8) is 0 Å². The molecule has 1 aromatic heterocycles. The van der Waals surface area contributed by atoms with E-state index in [9.17, 15) is 21.6 Å². The number of hydrogen-bond donors (Lipinski definition) is 0. The summed E-state index contributed by atoms with van der Waals surface area (Å²) in [6.07, 6.45) is -3.10. The molecule has 2 heterocycles. The fourth-order valence-electron chi connectivity index (χ4n) is 2.12. The van der Waals surface area contributed by atoms with Gasteiger partial charge in [0.1, 0.15) is 5.15 Å². The lowest BCUT2D eigenvalue weighted by atomic mass is 9.99. The van der Waals surface area contributed by atoms with E-state index < -0.39 is 33.7 Å². The number of halogens is 4. The van der Waals surface area contributed by atoms with Gasteiger partial charge in [0, 0.05) is 20.1 Å². The Labute approximate surface area is 119 Å². The zero-order valence-corrected chi connectivity index (χ0v) is 12.1. The van der Waals surface area contributed by atoms with Crippen molar-refractivity contribution in [3.05, 3.63) is 11.5 Å². The van der Waals surface area contributed by atoms with Crippen molar-refractivity contribution in [2.24, 2.45) is 13.0 Å². The van der Waals surface area contributed by atoms with Crippen molar-refractivity contribution in [3.8, 4) is 0 Å². The number of imidazole rings is 1. The molecule has 2 rings (SSSR count). The lowest BCUT2D eigenvalue weighted by molar-refractivity contribution is -0.182. The van der Waals surface area contributed by atoms with Gasteiger partial charge in [0.15, 0.2) is 0 Å². The van der Waals surface area contributed by atoms with Crippen LogP contribution >= 0.6 is 11.6 Å². The van der Waals surface area contributed by atoms with Gasteiger partial charge >= 0.3 is 6.18 Å². The standard InChI is InChI=1S/C10H13ClF3N3O2S/c1-16-6-15-9(8(16)11)20(18,19)17-4-2-3-7(5-17)10(12,13)14/h6-7H,2-5H2,1H3/t7-/m0/s1. The first-order chi connectivity index (χ1) is 9.14. The second-order valence-corrected chi connectivity index (χ2v) is 6.91. The van der Waals surface area contributed by atoms with Crippen LogP contribution in [0, 0.1) is 5.92 Å². The first-order valence-corrected chi connectivity index (χ1v) is 7.69. The molecule has 1 aliphatic rings. The first kappa shape index (κ1) is 15.6. The van der Waals surface area contributed by atoms with Gasteiger partial charge < -0.3 is 4.57 Å². The molecule has 5 nitrogen and oxygen atoms in total. The summed E-state index contributed by atoms with van der Waals surface area (Å²) in [6.45, 7) is -0.541. The lowest BCUT2D eigenvalue weighted by Gasteiger charge is -2.32. The Balaban J connectivity index is 2.28. The van der Waals surface area contributed by atoms with Crippen LogP contribution in [0.2, 0.25) is 5.15 Å². The minimum Gasteiger partial charge on any atom is -0.324 e. The smallest absolute Gasteiger partial charge is 0.324 e. The number of nitrogens with zero attached hydrogens (tertiary/aromatic N) is 3. The second kappa shape index (κ2) is 5.19. The Kier molecular flexibility index (Phi) is 4.05. The van der Waals surface area contributed by atoms with Gasteiger partial charge in [-0.25, -0.2) is 13.4 Å². The van der Waals surface area contributed by atoms with Crippen LogP contribution in [-0.4, -0.2) is 41.5 Å². The minimum atomic E-state index is -4.40. The average molecular weight is 332 g/mol. The Hall–Kier alpha value is -0.800. The predicted octanol–water partition coefficient (Wildman–Crippen LogP) is 2.04. The van der Waals surface area contributed by atoms with Crippen LogP contribution in [0.4, 0.5) is 13.2 Å². The van der Waals surface area contributed by atoms with Gasteiger partial charge in [-0.15, -0.1) is 0 Å². The van der Waals surface area contributed by atoms with Crippen molar-refractivity contribution >= 4 is 21.6 Å². The summed E-state index contributed by atoms with van der Waals surface area (Å²) in [7, 11) is -2.59. The highest BCUT2D eigenvalue weighted by Crippen LogP contribution is 2.35. The largest absolute Gasteiger partial charge is 0.393 e. The molecule has 1 saturated heterocycles. The SMILES string of the molecule is Cn1cnc(S(=O)(=O)N2CCC[C@H](C(F)(F)F)C2)c1Cl. The normalized spacial score (nSPS) is 22.1. The molecule has 0 amide bonds. The molecular formula is C10H13ClF3N3O2S. The summed E-state index contributed by atoms with van der Waals surface area (Å²) in [6, 6.07) is 0. The van der Waals surface area contributed by atoms with Gasteiger partial charge in [-0.2, -0.15) is 17.5 Å². The first-order valence-electron chi connectivity index (χ1n) is 5.87. The molecule has 0 unspecified atom stereocenters. The van der Waals surface area contributed by atoms with Crippen molar-refractivity contribution in [2.75, 3.05) is 13.1 Å². The molecule has 0 bridgehead atoms. The van der Waals surface area contributed by atoms with Gasteiger partial charge in [-0.05, 0) is 12.8 Å². The molecule has 0 aromatic carbocycles. The maximum Gasteiger partial charge on any atom is 0.393 e. The van der Waals surface area contributed by atoms with Gasteiger partial charge in [-0.3, -0.25) is 0 Å². The van der Waals surface area contributed by atoms with E-state index >= 15 is 0 Å². The fourth-order valence-corrected chi connectivity index (χ4v) is 4.03. The molecule has 20 heavy (non-hydrogen) atoms. The van der Waals surface area contributed by atoms with Crippen LogP contribution < -0.4 is 0 Å². The van der Waals surface area contributed by atoms with Crippen LogP contribution in [0.25, 0.3) is 0 Å². The topological polar surface area (TPSA) is 55.2 Å². The second-order valence-electron chi connectivity index (χ2n) is 4.70. The lowest BCUT2D eigenvalue weighted by Crippen LogP contribution is -2.44. The van der Waals surface area contributed by atoms with E-state index in [1.54, 1.807) is 0 Å². The third kappa shape index (κ3) is 2.79. The van der Waals surface area contributed by atoms with E-state index in [-0.39, 0.29) is 24.5 Å². The summed E-state index contributed by atoms with van der Waals surface area (Å²) in [4.78, 5) is 3.67. The van der Waals surface area contributed by atoms with E-state index in [0.717, 1.165) is 4.31 Å². The van der Waals surface area contributed by atoms with Gasteiger partial charge in [0.25, 0.3) is 10.0 Å². The van der Waals surface area contributed by atoms with Crippen LogP contribution in [0.1, 0.15) is 12.8 Å². The van der Waals surface area contributed by atoms with Crippen molar-refractivity contribution in [1.82, 2.24) is 13.9 Å². The van der Waals surface area contributed by atoms with Gasteiger partial charge in [0.05, 0.1) is 12.2 Å². The molecule has 10 heteroatoms. The molecule has 0 radical (unpaired) electrons. The maximum absolute atomic E-state index is 12.7. The number of aryl methyl sites for hydroxylation is 1. The third-order valence-electron chi connectivity index (χ3n) is 3.27. The Morgan fingerprint density at radius 2 is 2.10 bits per heavy atom. The Morgan fingerprint density at radius 3 is 2.60 bits per heavy atom. The van der Waals surface area contributed by atoms with Crippen LogP contribution in [-0.2, 0) is 17.1 Å². The number of aromatic nitrogens is 2. The monoisotopic (exact) mass is 331 g/mol. The predicted molar refractivity (Wildman–Crippen MR) is 65.8 cm³/mol. The molecule has 1 fully saturated rings. The van der Waals surface area contributed by atoms with Gasteiger partial charge in [0.2, 0.25) is 5.03 Å². The van der Waals surface area contributed by atoms with E-state index in [4.69, 9.17) is 11.6 Å².